The van der Waals surface area contributed by atoms with Gasteiger partial charge in [0.2, 0.25) is 0 Å². The standard InChI is InChI=1S/C9H14N2O2S2/c1-8-4-6-9(7-5-8)11(14-3)15(12,13)10-2/h4-7,10H,1-3H3. The molecule has 4 nitrogen and oxygen atoms in total. The molecule has 0 heterocycles. The molecule has 84 valence electrons. The fourth-order valence-corrected chi connectivity index (χ4v) is 3.00. The van der Waals surface area contributed by atoms with Gasteiger partial charge in [0.1, 0.15) is 0 Å². The molecule has 0 unspecified atom stereocenters. The van der Waals surface area contributed by atoms with Gasteiger partial charge in [-0.25, -0.2) is 0 Å². The third-order valence-corrected chi connectivity index (χ3v) is 4.63. The van der Waals surface area contributed by atoms with E-state index in [9.17, 15) is 8.42 Å². The Bertz CT molecular complexity index is 414. The van der Waals surface area contributed by atoms with Crippen molar-refractivity contribution in [1.29, 1.82) is 0 Å². The van der Waals surface area contributed by atoms with E-state index < -0.39 is 10.2 Å². The molecular formula is C9H14N2O2S2. The number of hydrogen-bond donors (Lipinski definition) is 1. The van der Waals surface area contributed by atoms with Crippen LogP contribution in [0.3, 0.4) is 0 Å². The summed E-state index contributed by atoms with van der Waals surface area (Å²) in [5.41, 5.74) is 1.74. The third kappa shape index (κ3) is 2.87. The number of anilines is 1. The van der Waals surface area contributed by atoms with Crippen LogP contribution in [0.4, 0.5) is 5.69 Å². The molecule has 1 aromatic carbocycles. The summed E-state index contributed by atoms with van der Waals surface area (Å²) in [6.45, 7) is 1.96. The average molecular weight is 246 g/mol. The third-order valence-electron chi connectivity index (χ3n) is 1.89. The Hall–Kier alpha value is -0.720. The summed E-state index contributed by atoms with van der Waals surface area (Å²) >= 11 is 1.14. The Kier molecular flexibility index (Phi) is 4.01. The summed E-state index contributed by atoms with van der Waals surface area (Å²) in [4.78, 5) is 0. The molecule has 6 heteroatoms. The van der Waals surface area contributed by atoms with Crippen LogP contribution < -0.4 is 8.43 Å². The van der Waals surface area contributed by atoms with Crippen molar-refractivity contribution in [3.63, 3.8) is 0 Å². The van der Waals surface area contributed by atoms with Crippen molar-refractivity contribution in [3.8, 4) is 0 Å². The van der Waals surface area contributed by atoms with Crippen molar-refractivity contribution < 1.29 is 8.42 Å². The van der Waals surface area contributed by atoms with Gasteiger partial charge >= 0.3 is 10.2 Å². The molecule has 0 saturated heterocycles. The van der Waals surface area contributed by atoms with Gasteiger partial charge in [-0.15, -0.1) is 0 Å². The van der Waals surface area contributed by atoms with Crippen molar-refractivity contribution in [3.05, 3.63) is 29.8 Å². The largest absolute Gasteiger partial charge is 0.310 e. The predicted molar refractivity (Wildman–Crippen MR) is 65.2 cm³/mol. The summed E-state index contributed by atoms with van der Waals surface area (Å²) in [5.74, 6) is 0. The van der Waals surface area contributed by atoms with Crippen LogP contribution in [0, 0.1) is 6.92 Å². The predicted octanol–water partition coefficient (Wildman–Crippen LogP) is 1.54. The van der Waals surface area contributed by atoms with E-state index >= 15 is 0 Å². The molecule has 0 aliphatic heterocycles. The van der Waals surface area contributed by atoms with Crippen LogP contribution in [0.1, 0.15) is 5.56 Å². The SMILES string of the molecule is CNS(=O)(=O)N(SC)c1ccc(C)cc1. The highest BCUT2D eigenvalue weighted by atomic mass is 32.3. The van der Waals surface area contributed by atoms with Gasteiger partial charge in [0, 0.05) is 13.3 Å². The zero-order valence-corrected chi connectivity index (χ0v) is 10.5. The summed E-state index contributed by atoms with van der Waals surface area (Å²) < 4.78 is 26.7. The van der Waals surface area contributed by atoms with Crippen LogP contribution >= 0.6 is 11.9 Å². The molecular weight excluding hydrogens is 232 g/mol. The highest BCUT2D eigenvalue weighted by Gasteiger charge is 2.19. The van der Waals surface area contributed by atoms with Crippen molar-refractivity contribution >= 4 is 27.8 Å². The van der Waals surface area contributed by atoms with E-state index in [1.54, 1.807) is 18.4 Å². The Morgan fingerprint density at radius 3 is 2.20 bits per heavy atom. The lowest BCUT2D eigenvalue weighted by molar-refractivity contribution is 0.590. The summed E-state index contributed by atoms with van der Waals surface area (Å²) in [5, 5.41) is 0. The number of nitrogens with one attached hydrogen (secondary N) is 1. The molecule has 15 heavy (non-hydrogen) atoms. The zero-order chi connectivity index (χ0) is 11.5. The molecule has 1 rings (SSSR count). The first-order valence-corrected chi connectivity index (χ1v) is 6.98. The molecule has 0 fully saturated rings. The molecule has 0 spiro atoms. The molecule has 0 aromatic heterocycles. The smallest absolute Gasteiger partial charge is 0.200 e. The molecule has 0 bridgehead atoms. The maximum absolute atomic E-state index is 11.6. The fourth-order valence-electron chi connectivity index (χ4n) is 1.09. The van der Waals surface area contributed by atoms with E-state index in [1.807, 2.05) is 19.1 Å². The summed E-state index contributed by atoms with van der Waals surface area (Å²) in [6, 6.07) is 7.31. The second kappa shape index (κ2) is 4.87. The van der Waals surface area contributed by atoms with Gasteiger partial charge in [-0.05, 0) is 31.0 Å². The van der Waals surface area contributed by atoms with Gasteiger partial charge in [-0.2, -0.15) is 16.9 Å². The van der Waals surface area contributed by atoms with E-state index in [0.717, 1.165) is 17.5 Å². The lowest BCUT2D eigenvalue weighted by atomic mass is 10.2. The Morgan fingerprint density at radius 1 is 1.27 bits per heavy atom. The van der Waals surface area contributed by atoms with E-state index in [1.165, 1.54) is 10.8 Å². The Labute approximate surface area is 95.0 Å². The van der Waals surface area contributed by atoms with Crippen LogP contribution in [0.2, 0.25) is 0 Å². The van der Waals surface area contributed by atoms with E-state index in [-0.39, 0.29) is 0 Å². The van der Waals surface area contributed by atoms with Gasteiger partial charge in [0.05, 0.1) is 5.69 Å². The number of aryl methyl sites for hydroxylation is 1. The van der Waals surface area contributed by atoms with Crippen LogP contribution in [-0.2, 0) is 10.2 Å². The summed E-state index contributed by atoms with van der Waals surface area (Å²) in [7, 11) is -2.03. The van der Waals surface area contributed by atoms with Crippen molar-refractivity contribution in [2.45, 2.75) is 6.92 Å². The second-order valence-electron chi connectivity index (χ2n) is 2.95. The van der Waals surface area contributed by atoms with E-state index in [4.69, 9.17) is 0 Å². The van der Waals surface area contributed by atoms with E-state index in [0.29, 0.717) is 5.69 Å². The van der Waals surface area contributed by atoms with Gasteiger partial charge in [0.15, 0.2) is 0 Å². The molecule has 0 aliphatic rings. The van der Waals surface area contributed by atoms with Crippen molar-refractivity contribution in [2.24, 2.45) is 0 Å². The van der Waals surface area contributed by atoms with Crippen LogP contribution in [0.25, 0.3) is 0 Å². The molecule has 0 aliphatic carbocycles. The van der Waals surface area contributed by atoms with Crippen LogP contribution in [0.15, 0.2) is 24.3 Å². The van der Waals surface area contributed by atoms with Crippen LogP contribution in [0.5, 0.6) is 0 Å². The molecule has 1 N–H and O–H groups in total. The number of benzene rings is 1. The normalized spacial score (nSPS) is 11.4. The van der Waals surface area contributed by atoms with Crippen molar-refractivity contribution in [2.75, 3.05) is 17.0 Å². The van der Waals surface area contributed by atoms with Gasteiger partial charge in [0.25, 0.3) is 0 Å². The monoisotopic (exact) mass is 246 g/mol. The first kappa shape index (κ1) is 12.4. The number of nitrogens with zero attached hydrogens (tertiary/aromatic N) is 1. The molecule has 0 radical (unpaired) electrons. The van der Waals surface area contributed by atoms with Crippen molar-refractivity contribution in [1.82, 2.24) is 4.72 Å². The van der Waals surface area contributed by atoms with Crippen LogP contribution in [-0.4, -0.2) is 21.7 Å². The average Bonchev–Trinajstić information content (AvgIpc) is 2.22. The quantitative estimate of drug-likeness (QED) is 0.820. The molecule has 0 amide bonds. The van der Waals surface area contributed by atoms with Gasteiger partial charge in [-0.1, -0.05) is 17.7 Å². The molecule has 0 atom stereocenters. The number of rotatable bonds is 4. The minimum Gasteiger partial charge on any atom is -0.200 e. The molecule has 1 aromatic rings. The Balaban J connectivity index is 3.09. The lowest BCUT2D eigenvalue weighted by Crippen LogP contribution is -2.33. The fraction of sp³-hybridized carbons (Fsp3) is 0.333. The maximum Gasteiger partial charge on any atom is 0.310 e. The summed E-state index contributed by atoms with van der Waals surface area (Å²) in [6.07, 6.45) is 1.72. The topological polar surface area (TPSA) is 49.4 Å². The minimum absolute atomic E-state index is 0.641. The zero-order valence-electron chi connectivity index (χ0n) is 8.89. The highest BCUT2D eigenvalue weighted by Crippen LogP contribution is 2.23. The first-order valence-electron chi connectivity index (χ1n) is 4.36. The maximum atomic E-state index is 11.6. The minimum atomic E-state index is -3.43. The molecule has 0 saturated carbocycles. The lowest BCUT2D eigenvalue weighted by Gasteiger charge is -2.20. The Morgan fingerprint density at radius 2 is 1.80 bits per heavy atom. The first-order chi connectivity index (χ1) is 7.01. The van der Waals surface area contributed by atoms with E-state index in [2.05, 4.69) is 4.72 Å². The highest BCUT2D eigenvalue weighted by molar-refractivity contribution is 8.13. The van der Waals surface area contributed by atoms with Gasteiger partial charge < -0.3 is 0 Å². The number of hydrogen-bond acceptors (Lipinski definition) is 3. The second-order valence-corrected chi connectivity index (χ2v) is 5.64. The van der Waals surface area contributed by atoms with Gasteiger partial charge in [-0.3, -0.25) is 0 Å².